The molecule has 0 heterocycles. The molecule has 0 aliphatic heterocycles. The van der Waals surface area contributed by atoms with E-state index in [-0.39, 0.29) is 11.8 Å². The average Bonchev–Trinajstić information content (AvgIpc) is 2.82. The van der Waals surface area contributed by atoms with E-state index >= 15 is 0 Å². The molecule has 1 fully saturated rings. The Morgan fingerprint density at radius 3 is 1.65 bits per heavy atom. The van der Waals surface area contributed by atoms with Gasteiger partial charge in [-0.3, -0.25) is 9.59 Å². The predicted molar refractivity (Wildman–Crippen MR) is 126 cm³/mol. The predicted octanol–water partition coefficient (Wildman–Crippen LogP) is 5.94. The Morgan fingerprint density at radius 2 is 1.06 bits per heavy atom. The van der Waals surface area contributed by atoms with Crippen LogP contribution in [0.1, 0.15) is 52.8 Å². The maximum Gasteiger partial charge on any atom is 0.255 e. The van der Waals surface area contributed by atoms with Crippen LogP contribution in [-0.2, 0) is 0 Å². The van der Waals surface area contributed by atoms with Crippen LogP contribution in [0.15, 0.2) is 78.9 Å². The van der Waals surface area contributed by atoms with E-state index in [9.17, 15) is 9.59 Å². The van der Waals surface area contributed by atoms with Crippen LogP contribution in [0.5, 0.6) is 0 Å². The van der Waals surface area contributed by atoms with Crippen LogP contribution >= 0.6 is 0 Å². The number of nitrogens with one attached hydrogen (secondary N) is 3. The fourth-order valence-electron chi connectivity index (χ4n) is 3.83. The normalized spacial score (nSPS) is 13.9. The summed E-state index contributed by atoms with van der Waals surface area (Å²) < 4.78 is 0. The lowest BCUT2D eigenvalue weighted by molar-refractivity contribution is 0.102. The number of anilines is 3. The molecule has 0 radical (unpaired) electrons. The second-order valence-electron chi connectivity index (χ2n) is 7.91. The smallest absolute Gasteiger partial charge is 0.255 e. The summed E-state index contributed by atoms with van der Waals surface area (Å²) in [4.78, 5) is 24.8. The van der Waals surface area contributed by atoms with Crippen molar-refractivity contribution in [2.45, 2.75) is 38.1 Å². The molecule has 0 saturated heterocycles. The van der Waals surface area contributed by atoms with Crippen molar-refractivity contribution in [2.24, 2.45) is 0 Å². The Morgan fingerprint density at radius 1 is 0.581 bits per heavy atom. The van der Waals surface area contributed by atoms with Gasteiger partial charge < -0.3 is 16.0 Å². The van der Waals surface area contributed by atoms with Crippen molar-refractivity contribution >= 4 is 28.9 Å². The van der Waals surface area contributed by atoms with Crippen molar-refractivity contribution in [3.05, 3.63) is 90.0 Å². The minimum Gasteiger partial charge on any atom is -0.382 e. The first-order valence-corrected chi connectivity index (χ1v) is 10.8. The van der Waals surface area contributed by atoms with E-state index in [0.29, 0.717) is 22.9 Å². The Bertz CT molecular complexity index is 1010. The van der Waals surface area contributed by atoms with Gasteiger partial charge in [0.2, 0.25) is 0 Å². The molecular weight excluding hydrogens is 386 g/mol. The summed E-state index contributed by atoms with van der Waals surface area (Å²) in [6, 6.07) is 24.3. The van der Waals surface area contributed by atoms with Crippen molar-refractivity contribution < 1.29 is 9.59 Å². The first-order chi connectivity index (χ1) is 15.2. The van der Waals surface area contributed by atoms with E-state index in [1.54, 1.807) is 36.4 Å². The van der Waals surface area contributed by atoms with Gasteiger partial charge in [0, 0.05) is 34.2 Å². The summed E-state index contributed by atoms with van der Waals surface area (Å²) in [5.74, 6) is -0.367. The number of carbonyl (C=O) groups is 2. The zero-order valence-corrected chi connectivity index (χ0v) is 17.4. The summed E-state index contributed by atoms with van der Waals surface area (Å²) in [5, 5.41) is 9.34. The highest BCUT2D eigenvalue weighted by molar-refractivity contribution is 6.06. The first-order valence-electron chi connectivity index (χ1n) is 10.8. The van der Waals surface area contributed by atoms with Gasteiger partial charge in [0.25, 0.3) is 11.8 Å². The lowest BCUT2D eigenvalue weighted by atomic mass is 9.95. The number of rotatable bonds is 6. The number of amides is 2. The second kappa shape index (κ2) is 9.94. The van der Waals surface area contributed by atoms with Gasteiger partial charge >= 0.3 is 0 Å². The highest BCUT2D eigenvalue weighted by atomic mass is 16.2. The molecule has 2 amide bonds. The molecule has 0 spiro atoms. The first kappa shape index (κ1) is 20.7. The van der Waals surface area contributed by atoms with Gasteiger partial charge in [0.1, 0.15) is 0 Å². The molecule has 4 rings (SSSR count). The number of hydrogen-bond donors (Lipinski definition) is 3. The molecule has 0 bridgehead atoms. The standard InChI is InChI=1S/C26H27N3O2/c30-25(19-7-3-1-4-8-19)28-23-13-11-20(12-14-23)26(31)29-24-17-15-22(16-18-24)27-21-9-5-2-6-10-21/h1,3-4,7-8,11-18,21,27H,2,5-6,9-10H2,(H,28,30)(H,29,31). The van der Waals surface area contributed by atoms with Gasteiger partial charge in [-0.05, 0) is 73.5 Å². The van der Waals surface area contributed by atoms with Crippen molar-refractivity contribution in [1.82, 2.24) is 0 Å². The maximum absolute atomic E-state index is 12.6. The van der Waals surface area contributed by atoms with Crippen LogP contribution < -0.4 is 16.0 Å². The minimum atomic E-state index is -0.186. The van der Waals surface area contributed by atoms with E-state index < -0.39 is 0 Å². The number of hydrogen-bond acceptors (Lipinski definition) is 3. The fraction of sp³-hybridized carbons (Fsp3) is 0.231. The molecule has 3 N–H and O–H groups in total. The molecule has 0 unspecified atom stereocenters. The Hall–Kier alpha value is -3.60. The van der Waals surface area contributed by atoms with E-state index in [1.165, 1.54) is 32.1 Å². The average molecular weight is 414 g/mol. The van der Waals surface area contributed by atoms with Gasteiger partial charge in [0.05, 0.1) is 0 Å². The van der Waals surface area contributed by atoms with Crippen LogP contribution in [0.25, 0.3) is 0 Å². The molecule has 3 aromatic rings. The molecular formula is C26H27N3O2. The van der Waals surface area contributed by atoms with E-state index in [2.05, 4.69) is 16.0 Å². The van der Waals surface area contributed by atoms with Gasteiger partial charge in [0.15, 0.2) is 0 Å². The molecule has 0 aromatic heterocycles. The summed E-state index contributed by atoms with van der Waals surface area (Å²) >= 11 is 0. The highest BCUT2D eigenvalue weighted by Crippen LogP contribution is 2.23. The summed E-state index contributed by atoms with van der Waals surface area (Å²) in [5.41, 5.74) is 3.60. The lowest BCUT2D eigenvalue weighted by Crippen LogP contribution is -2.22. The number of benzene rings is 3. The Balaban J connectivity index is 1.31. The zero-order valence-electron chi connectivity index (χ0n) is 17.4. The molecule has 158 valence electrons. The maximum atomic E-state index is 12.6. The fourth-order valence-corrected chi connectivity index (χ4v) is 3.83. The van der Waals surface area contributed by atoms with Crippen molar-refractivity contribution in [3.8, 4) is 0 Å². The summed E-state index contributed by atoms with van der Waals surface area (Å²) in [7, 11) is 0. The molecule has 31 heavy (non-hydrogen) atoms. The topological polar surface area (TPSA) is 70.2 Å². The van der Waals surface area contributed by atoms with Crippen LogP contribution in [-0.4, -0.2) is 17.9 Å². The largest absolute Gasteiger partial charge is 0.382 e. The molecule has 1 aliphatic rings. The van der Waals surface area contributed by atoms with Crippen LogP contribution in [0.2, 0.25) is 0 Å². The Labute approximate surface area is 182 Å². The molecule has 0 atom stereocenters. The molecule has 3 aromatic carbocycles. The van der Waals surface area contributed by atoms with Crippen molar-refractivity contribution in [3.63, 3.8) is 0 Å². The third-order valence-corrected chi connectivity index (χ3v) is 5.56. The van der Waals surface area contributed by atoms with Crippen molar-refractivity contribution in [1.29, 1.82) is 0 Å². The lowest BCUT2D eigenvalue weighted by Gasteiger charge is -2.23. The van der Waals surface area contributed by atoms with E-state index in [1.807, 2.05) is 42.5 Å². The zero-order chi connectivity index (χ0) is 21.5. The molecule has 5 nitrogen and oxygen atoms in total. The monoisotopic (exact) mass is 413 g/mol. The van der Waals surface area contributed by atoms with E-state index in [4.69, 9.17) is 0 Å². The summed E-state index contributed by atoms with van der Waals surface area (Å²) in [6.07, 6.45) is 6.37. The van der Waals surface area contributed by atoms with Crippen LogP contribution in [0.4, 0.5) is 17.1 Å². The molecule has 1 saturated carbocycles. The Kier molecular flexibility index (Phi) is 6.62. The second-order valence-corrected chi connectivity index (χ2v) is 7.91. The number of carbonyl (C=O) groups excluding carboxylic acids is 2. The van der Waals surface area contributed by atoms with E-state index in [0.717, 1.165) is 11.4 Å². The quantitative estimate of drug-likeness (QED) is 0.469. The SMILES string of the molecule is O=C(Nc1ccc(C(=O)Nc2ccc(NC3CCCCC3)cc2)cc1)c1ccccc1. The van der Waals surface area contributed by atoms with Gasteiger partial charge in [-0.1, -0.05) is 37.5 Å². The third kappa shape index (κ3) is 5.72. The summed E-state index contributed by atoms with van der Waals surface area (Å²) in [6.45, 7) is 0. The minimum absolute atomic E-state index is 0.181. The van der Waals surface area contributed by atoms with Gasteiger partial charge in [-0.2, -0.15) is 0 Å². The van der Waals surface area contributed by atoms with Gasteiger partial charge in [-0.15, -0.1) is 0 Å². The van der Waals surface area contributed by atoms with Crippen LogP contribution in [0, 0.1) is 0 Å². The van der Waals surface area contributed by atoms with Crippen molar-refractivity contribution in [2.75, 3.05) is 16.0 Å². The molecule has 1 aliphatic carbocycles. The molecule has 5 heteroatoms. The van der Waals surface area contributed by atoms with Crippen LogP contribution in [0.3, 0.4) is 0 Å². The third-order valence-electron chi connectivity index (χ3n) is 5.56. The van der Waals surface area contributed by atoms with Gasteiger partial charge in [-0.25, -0.2) is 0 Å². The highest BCUT2D eigenvalue weighted by Gasteiger charge is 2.13.